The molecule has 2 heterocycles. The van der Waals surface area contributed by atoms with Crippen molar-refractivity contribution in [3.8, 4) is 17.4 Å². The second-order valence-electron chi connectivity index (χ2n) is 5.44. The average Bonchev–Trinajstić information content (AvgIpc) is 3.12. The summed E-state index contributed by atoms with van der Waals surface area (Å²) in [7, 11) is 1.61. The largest absolute Gasteiger partial charge is 0.481 e. The van der Waals surface area contributed by atoms with Crippen LogP contribution in [0.2, 0.25) is 0 Å². The van der Waals surface area contributed by atoms with Gasteiger partial charge in [0, 0.05) is 25.4 Å². The van der Waals surface area contributed by atoms with Gasteiger partial charge in [-0.3, -0.25) is 0 Å². The Morgan fingerprint density at radius 1 is 1.16 bits per heavy atom. The molecular formula is C18H22N4O3. The number of aliphatic imine (C=N–C) groups is 1. The van der Waals surface area contributed by atoms with Crippen molar-refractivity contribution in [3.05, 3.63) is 47.7 Å². The first-order valence-corrected chi connectivity index (χ1v) is 8.18. The van der Waals surface area contributed by atoms with Gasteiger partial charge in [-0.25, -0.2) is 9.98 Å². The van der Waals surface area contributed by atoms with Crippen molar-refractivity contribution in [3.63, 3.8) is 0 Å². The van der Waals surface area contributed by atoms with Gasteiger partial charge < -0.3 is 24.8 Å². The molecule has 0 fully saturated rings. The Kier molecular flexibility index (Phi) is 5.56. The number of hydrogen-bond acceptors (Lipinski definition) is 5. The second kappa shape index (κ2) is 8.23. The molecule has 25 heavy (non-hydrogen) atoms. The average molecular weight is 342 g/mol. The highest BCUT2D eigenvalue weighted by Gasteiger charge is 2.12. The highest BCUT2D eigenvalue weighted by Crippen LogP contribution is 2.32. The van der Waals surface area contributed by atoms with E-state index in [2.05, 4.69) is 20.6 Å². The molecule has 7 heteroatoms. The predicted molar refractivity (Wildman–Crippen MR) is 95.0 cm³/mol. The van der Waals surface area contributed by atoms with E-state index < -0.39 is 0 Å². The fourth-order valence-corrected chi connectivity index (χ4v) is 2.41. The highest BCUT2D eigenvalue weighted by molar-refractivity contribution is 5.79. The summed E-state index contributed by atoms with van der Waals surface area (Å²) < 4.78 is 15.9. The number of ether oxygens (including phenoxy) is 3. The number of aromatic nitrogens is 1. The summed E-state index contributed by atoms with van der Waals surface area (Å²) in [5.74, 6) is 2.90. The van der Waals surface area contributed by atoms with Crippen molar-refractivity contribution in [2.45, 2.75) is 20.0 Å². The standard InChI is InChI=1S/C18H22N4O3/c1-3-19-18(22-11-14-6-7-20-17(9-14)23-2)21-10-13-4-5-15-16(8-13)25-12-24-15/h4-9H,3,10-12H2,1-2H3,(H2,19,21,22). The first kappa shape index (κ1) is 16.9. The lowest BCUT2D eigenvalue weighted by Crippen LogP contribution is -2.36. The van der Waals surface area contributed by atoms with Crippen molar-refractivity contribution in [1.82, 2.24) is 15.6 Å². The Morgan fingerprint density at radius 2 is 2.04 bits per heavy atom. The summed E-state index contributed by atoms with van der Waals surface area (Å²) in [5.41, 5.74) is 2.13. The van der Waals surface area contributed by atoms with E-state index in [1.807, 2.05) is 37.3 Å². The van der Waals surface area contributed by atoms with Crippen LogP contribution in [0.4, 0.5) is 0 Å². The number of guanidine groups is 1. The summed E-state index contributed by atoms with van der Waals surface area (Å²) in [4.78, 5) is 8.73. The molecule has 0 unspecified atom stereocenters. The number of benzene rings is 1. The van der Waals surface area contributed by atoms with E-state index in [1.54, 1.807) is 13.3 Å². The Bertz CT molecular complexity index is 749. The summed E-state index contributed by atoms with van der Waals surface area (Å²) in [6.07, 6.45) is 1.73. The number of rotatable bonds is 6. The Hall–Kier alpha value is -2.96. The summed E-state index contributed by atoms with van der Waals surface area (Å²) >= 11 is 0. The van der Waals surface area contributed by atoms with Crippen molar-refractivity contribution in [2.75, 3.05) is 20.4 Å². The number of methoxy groups -OCH3 is 1. The number of nitrogens with one attached hydrogen (secondary N) is 2. The predicted octanol–water partition coefficient (Wildman–Crippen LogP) is 2.07. The lowest BCUT2D eigenvalue weighted by Gasteiger charge is -2.12. The smallest absolute Gasteiger partial charge is 0.231 e. The number of hydrogen-bond donors (Lipinski definition) is 2. The van der Waals surface area contributed by atoms with Gasteiger partial charge in [-0.05, 0) is 36.2 Å². The normalized spacial score (nSPS) is 12.8. The minimum Gasteiger partial charge on any atom is -0.481 e. The SMILES string of the molecule is CCNC(=NCc1ccc2c(c1)OCO2)NCc1ccnc(OC)c1. The van der Waals surface area contributed by atoms with Crippen molar-refractivity contribution < 1.29 is 14.2 Å². The van der Waals surface area contributed by atoms with E-state index in [1.165, 1.54) is 0 Å². The Balaban J connectivity index is 1.62. The van der Waals surface area contributed by atoms with Gasteiger partial charge >= 0.3 is 0 Å². The van der Waals surface area contributed by atoms with Crippen LogP contribution < -0.4 is 24.8 Å². The maximum atomic E-state index is 5.40. The molecule has 0 aliphatic carbocycles. The molecule has 7 nitrogen and oxygen atoms in total. The third-order valence-corrected chi connectivity index (χ3v) is 3.67. The van der Waals surface area contributed by atoms with Gasteiger partial charge in [-0.2, -0.15) is 0 Å². The zero-order valence-corrected chi connectivity index (χ0v) is 14.4. The van der Waals surface area contributed by atoms with Crippen LogP contribution in [0.15, 0.2) is 41.5 Å². The summed E-state index contributed by atoms with van der Waals surface area (Å²) in [5, 5.41) is 6.55. The number of pyridine rings is 1. The zero-order chi connectivity index (χ0) is 17.5. The second-order valence-corrected chi connectivity index (χ2v) is 5.44. The van der Waals surface area contributed by atoms with Gasteiger partial charge in [0.25, 0.3) is 0 Å². The molecular weight excluding hydrogens is 320 g/mol. The first-order valence-electron chi connectivity index (χ1n) is 8.18. The van der Waals surface area contributed by atoms with Crippen LogP contribution in [-0.2, 0) is 13.1 Å². The number of fused-ring (bicyclic) bond motifs is 1. The van der Waals surface area contributed by atoms with Crippen LogP contribution in [0.5, 0.6) is 17.4 Å². The van der Waals surface area contributed by atoms with E-state index in [0.29, 0.717) is 19.0 Å². The lowest BCUT2D eigenvalue weighted by atomic mass is 10.2. The molecule has 2 N–H and O–H groups in total. The highest BCUT2D eigenvalue weighted by atomic mass is 16.7. The summed E-state index contributed by atoms with van der Waals surface area (Å²) in [6.45, 7) is 4.28. The maximum absolute atomic E-state index is 5.40. The van der Waals surface area contributed by atoms with E-state index in [4.69, 9.17) is 14.2 Å². The van der Waals surface area contributed by atoms with Crippen LogP contribution in [0.1, 0.15) is 18.1 Å². The molecule has 0 radical (unpaired) electrons. The third kappa shape index (κ3) is 4.53. The van der Waals surface area contributed by atoms with Gasteiger partial charge in [0.2, 0.25) is 12.7 Å². The molecule has 1 aliphatic heterocycles. The fourth-order valence-electron chi connectivity index (χ4n) is 2.41. The van der Waals surface area contributed by atoms with Gasteiger partial charge in [-0.15, -0.1) is 0 Å². The molecule has 2 aromatic rings. The van der Waals surface area contributed by atoms with Crippen LogP contribution in [0.25, 0.3) is 0 Å². The Labute approximate surface area is 147 Å². The lowest BCUT2D eigenvalue weighted by molar-refractivity contribution is 0.174. The van der Waals surface area contributed by atoms with Gasteiger partial charge in [-0.1, -0.05) is 6.07 Å². The molecule has 0 atom stereocenters. The maximum Gasteiger partial charge on any atom is 0.231 e. The summed E-state index contributed by atoms with van der Waals surface area (Å²) in [6, 6.07) is 9.71. The van der Waals surface area contributed by atoms with Crippen molar-refractivity contribution in [2.24, 2.45) is 4.99 Å². The molecule has 1 aliphatic rings. The van der Waals surface area contributed by atoms with Gasteiger partial charge in [0.15, 0.2) is 17.5 Å². The topological polar surface area (TPSA) is 77.0 Å². The minimum absolute atomic E-state index is 0.279. The minimum atomic E-state index is 0.279. The molecule has 1 aromatic carbocycles. The van der Waals surface area contributed by atoms with Crippen LogP contribution in [0, 0.1) is 0 Å². The van der Waals surface area contributed by atoms with Crippen LogP contribution in [0.3, 0.4) is 0 Å². The van der Waals surface area contributed by atoms with Crippen LogP contribution >= 0.6 is 0 Å². The molecule has 0 bridgehead atoms. The molecule has 3 rings (SSSR count). The van der Waals surface area contributed by atoms with E-state index in [9.17, 15) is 0 Å². The quantitative estimate of drug-likeness (QED) is 0.618. The van der Waals surface area contributed by atoms with E-state index in [-0.39, 0.29) is 6.79 Å². The van der Waals surface area contributed by atoms with Gasteiger partial charge in [0.05, 0.1) is 13.7 Å². The monoisotopic (exact) mass is 342 g/mol. The molecule has 0 amide bonds. The third-order valence-electron chi connectivity index (χ3n) is 3.67. The molecule has 0 spiro atoms. The van der Waals surface area contributed by atoms with Crippen molar-refractivity contribution >= 4 is 5.96 Å². The molecule has 0 saturated carbocycles. The number of nitrogens with zero attached hydrogens (tertiary/aromatic N) is 2. The molecule has 1 aromatic heterocycles. The van der Waals surface area contributed by atoms with Crippen molar-refractivity contribution in [1.29, 1.82) is 0 Å². The van der Waals surface area contributed by atoms with Crippen LogP contribution in [-0.4, -0.2) is 31.4 Å². The zero-order valence-electron chi connectivity index (χ0n) is 14.4. The fraction of sp³-hybridized carbons (Fsp3) is 0.333. The van der Waals surface area contributed by atoms with E-state index in [0.717, 1.165) is 35.1 Å². The van der Waals surface area contributed by atoms with Gasteiger partial charge in [0.1, 0.15) is 0 Å². The van der Waals surface area contributed by atoms with E-state index >= 15 is 0 Å². The first-order chi connectivity index (χ1) is 12.3. The molecule has 132 valence electrons. The Morgan fingerprint density at radius 3 is 2.88 bits per heavy atom. The molecule has 0 saturated heterocycles.